The summed E-state index contributed by atoms with van der Waals surface area (Å²) in [5, 5.41) is 18.5. The van der Waals surface area contributed by atoms with Crippen LogP contribution in [0.5, 0.6) is 5.75 Å². The molecular formula is C14H14O7. The molecule has 0 aliphatic heterocycles. The van der Waals surface area contributed by atoms with Crippen LogP contribution in [0.25, 0.3) is 0 Å². The second-order valence-corrected chi connectivity index (χ2v) is 4.06. The van der Waals surface area contributed by atoms with Crippen LogP contribution in [0.4, 0.5) is 0 Å². The molecule has 0 saturated heterocycles. The van der Waals surface area contributed by atoms with E-state index in [1.807, 2.05) is 0 Å². The molecule has 0 unspecified atom stereocenters. The molecular weight excluding hydrogens is 280 g/mol. The highest BCUT2D eigenvalue weighted by Crippen LogP contribution is 2.23. The van der Waals surface area contributed by atoms with Gasteiger partial charge in [0.25, 0.3) is 0 Å². The first-order valence-electron chi connectivity index (χ1n) is 5.89. The van der Waals surface area contributed by atoms with E-state index in [1.165, 1.54) is 19.1 Å². The van der Waals surface area contributed by atoms with Gasteiger partial charge in [-0.05, 0) is 19.1 Å². The molecule has 1 aromatic carbocycles. The Balaban J connectivity index is 2.61. The molecule has 2 N–H and O–H groups in total. The molecule has 7 nitrogen and oxygen atoms in total. The van der Waals surface area contributed by atoms with Gasteiger partial charge in [0.2, 0.25) is 0 Å². The first kappa shape index (κ1) is 16.2. The number of rotatable bonds is 6. The van der Waals surface area contributed by atoms with E-state index in [0.29, 0.717) is 0 Å². The zero-order chi connectivity index (χ0) is 16.0. The van der Waals surface area contributed by atoms with Crippen molar-refractivity contribution in [1.82, 2.24) is 0 Å². The summed E-state index contributed by atoms with van der Waals surface area (Å²) >= 11 is 0. The summed E-state index contributed by atoms with van der Waals surface area (Å²) < 4.78 is 9.48. The minimum absolute atomic E-state index is 0.170. The molecule has 21 heavy (non-hydrogen) atoms. The van der Waals surface area contributed by atoms with Crippen LogP contribution >= 0.6 is 0 Å². The standard InChI is InChI=1S/C14H14O7/c1-8(2)13(18)20-6-7-21-14(19)10-5-3-4-9(11(10)15)12(16)17/h3-5,15H,1,6-7H2,2H3,(H,16,17). The lowest BCUT2D eigenvalue weighted by molar-refractivity contribution is -0.140. The number of phenols is 1. The van der Waals surface area contributed by atoms with Crippen LogP contribution in [0.1, 0.15) is 27.6 Å². The minimum atomic E-state index is -1.36. The van der Waals surface area contributed by atoms with Crippen molar-refractivity contribution in [2.45, 2.75) is 6.92 Å². The molecule has 0 aliphatic carbocycles. The van der Waals surface area contributed by atoms with Crippen LogP contribution in [0.3, 0.4) is 0 Å². The molecule has 0 radical (unpaired) electrons. The first-order chi connectivity index (χ1) is 9.84. The highest BCUT2D eigenvalue weighted by atomic mass is 16.6. The number of carboxylic acids is 1. The Morgan fingerprint density at radius 2 is 1.71 bits per heavy atom. The summed E-state index contributed by atoms with van der Waals surface area (Å²) in [6, 6.07) is 3.69. The van der Waals surface area contributed by atoms with Crippen molar-refractivity contribution in [3.8, 4) is 5.75 Å². The second-order valence-electron chi connectivity index (χ2n) is 4.06. The van der Waals surface area contributed by atoms with Crippen molar-refractivity contribution in [3.05, 3.63) is 41.5 Å². The Hall–Kier alpha value is -2.83. The van der Waals surface area contributed by atoms with Gasteiger partial charge < -0.3 is 19.7 Å². The highest BCUT2D eigenvalue weighted by molar-refractivity contribution is 5.99. The Morgan fingerprint density at radius 3 is 2.29 bits per heavy atom. The van der Waals surface area contributed by atoms with Crippen LogP contribution < -0.4 is 0 Å². The van der Waals surface area contributed by atoms with Gasteiger partial charge in [-0.25, -0.2) is 14.4 Å². The molecule has 0 saturated carbocycles. The predicted octanol–water partition coefficient (Wildman–Crippen LogP) is 1.37. The Morgan fingerprint density at radius 1 is 1.14 bits per heavy atom. The molecule has 1 rings (SSSR count). The van der Waals surface area contributed by atoms with E-state index in [1.54, 1.807) is 0 Å². The third-order valence-electron chi connectivity index (χ3n) is 2.38. The van der Waals surface area contributed by atoms with Crippen molar-refractivity contribution in [2.75, 3.05) is 13.2 Å². The van der Waals surface area contributed by atoms with Gasteiger partial charge in [-0.15, -0.1) is 0 Å². The zero-order valence-electron chi connectivity index (χ0n) is 11.3. The molecule has 0 fully saturated rings. The number of carboxylic acid groups (broad SMARTS) is 1. The van der Waals surface area contributed by atoms with Gasteiger partial charge in [0.15, 0.2) is 0 Å². The molecule has 0 aliphatic rings. The number of hydrogen-bond acceptors (Lipinski definition) is 6. The quantitative estimate of drug-likeness (QED) is 0.463. The second kappa shape index (κ2) is 7.09. The zero-order valence-corrected chi connectivity index (χ0v) is 11.3. The molecule has 0 amide bonds. The predicted molar refractivity (Wildman–Crippen MR) is 71.1 cm³/mol. The third kappa shape index (κ3) is 4.34. The third-order valence-corrected chi connectivity index (χ3v) is 2.38. The SMILES string of the molecule is C=C(C)C(=O)OCCOC(=O)c1cccc(C(=O)O)c1O. The summed E-state index contributed by atoms with van der Waals surface area (Å²) in [4.78, 5) is 33.6. The monoisotopic (exact) mass is 294 g/mol. The van der Waals surface area contributed by atoms with Gasteiger partial charge in [-0.1, -0.05) is 12.6 Å². The number of hydrogen-bond donors (Lipinski definition) is 2. The number of benzene rings is 1. The van der Waals surface area contributed by atoms with Crippen LogP contribution in [0, 0.1) is 0 Å². The fourth-order valence-electron chi connectivity index (χ4n) is 1.35. The number of carbonyl (C=O) groups excluding carboxylic acids is 2. The van der Waals surface area contributed by atoms with E-state index in [-0.39, 0.29) is 24.4 Å². The number of ether oxygens (including phenoxy) is 2. The van der Waals surface area contributed by atoms with Gasteiger partial charge in [0.05, 0.1) is 0 Å². The maximum Gasteiger partial charge on any atom is 0.342 e. The Kier molecular flexibility index (Phi) is 5.48. The van der Waals surface area contributed by atoms with Crippen LogP contribution in [0.2, 0.25) is 0 Å². The van der Waals surface area contributed by atoms with Crippen molar-refractivity contribution in [2.24, 2.45) is 0 Å². The molecule has 1 aromatic rings. The van der Waals surface area contributed by atoms with E-state index in [4.69, 9.17) is 14.6 Å². The normalized spacial score (nSPS) is 9.76. The maximum absolute atomic E-state index is 11.7. The fraction of sp³-hybridized carbons (Fsp3) is 0.214. The molecule has 0 aromatic heterocycles. The number of para-hydroxylation sites is 1. The molecule has 0 atom stereocenters. The molecule has 7 heteroatoms. The molecule has 0 spiro atoms. The van der Waals surface area contributed by atoms with Crippen LogP contribution in [0.15, 0.2) is 30.4 Å². The largest absolute Gasteiger partial charge is 0.506 e. The molecule has 0 bridgehead atoms. The summed E-state index contributed by atoms with van der Waals surface area (Å²) in [5.74, 6) is -3.56. The lowest BCUT2D eigenvalue weighted by Crippen LogP contribution is -2.14. The summed E-state index contributed by atoms with van der Waals surface area (Å²) in [5.41, 5.74) is -0.465. The summed E-state index contributed by atoms with van der Waals surface area (Å²) in [6.07, 6.45) is 0. The van der Waals surface area contributed by atoms with E-state index in [2.05, 4.69) is 6.58 Å². The van der Waals surface area contributed by atoms with Gasteiger partial charge in [0.1, 0.15) is 30.1 Å². The van der Waals surface area contributed by atoms with E-state index < -0.39 is 29.2 Å². The van der Waals surface area contributed by atoms with Crippen molar-refractivity contribution >= 4 is 17.9 Å². The Labute approximate surface area is 120 Å². The van der Waals surface area contributed by atoms with E-state index in [9.17, 15) is 19.5 Å². The smallest absolute Gasteiger partial charge is 0.342 e. The van der Waals surface area contributed by atoms with Gasteiger partial charge in [-0.3, -0.25) is 0 Å². The van der Waals surface area contributed by atoms with Gasteiger partial charge in [0, 0.05) is 5.57 Å². The lowest BCUT2D eigenvalue weighted by atomic mass is 10.1. The van der Waals surface area contributed by atoms with Crippen molar-refractivity contribution in [3.63, 3.8) is 0 Å². The number of carbonyl (C=O) groups is 3. The topological polar surface area (TPSA) is 110 Å². The first-order valence-corrected chi connectivity index (χ1v) is 5.89. The molecule has 112 valence electrons. The average Bonchev–Trinajstić information content (AvgIpc) is 2.42. The van der Waals surface area contributed by atoms with E-state index >= 15 is 0 Å². The lowest BCUT2D eigenvalue weighted by Gasteiger charge is -2.08. The highest BCUT2D eigenvalue weighted by Gasteiger charge is 2.19. The van der Waals surface area contributed by atoms with Crippen LogP contribution in [-0.4, -0.2) is 41.3 Å². The molecule has 0 heterocycles. The average molecular weight is 294 g/mol. The van der Waals surface area contributed by atoms with Crippen LogP contribution in [-0.2, 0) is 14.3 Å². The fourth-order valence-corrected chi connectivity index (χ4v) is 1.35. The van der Waals surface area contributed by atoms with Crippen molar-refractivity contribution in [1.29, 1.82) is 0 Å². The Bertz CT molecular complexity index is 589. The minimum Gasteiger partial charge on any atom is -0.506 e. The number of esters is 2. The number of aromatic hydroxyl groups is 1. The number of aromatic carboxylic acids is 1. The van der Waals surface area contributed by atoms with E-state index in [0.717, 1.165) is 6.07 Å². The van der Waals surface area contributed by atoms with Gasteiger partial charge in [-0.2, -0.15) is 0 Å². The summed E-state index contributed by atoms with van der Waals surface area (Å²) in [6.45, 7) is 4.46. The maximum atomic E-state index is 11.7. The summed E-state index contributed by atoms with van der Waals surface area (Å²) in [7, 11) is 0. The van der Waals surface area contributed by atoms with Gasteiger partial charge >= 0.3 is 17.9 Å². The van der Waals surface area contributed by atoms with Crippen molar-refractivity contribution < 1.29 is 34.1 Å².